The first-order valence-electron chi connectivity index (χ1n) is 11.4. The third kappa shape index (κ3) is 6.74. The first kappa shape index (κ1) is 30.6. The average Bonchev–Trinajstić information content (AvgIpc) is 3.43. The standard InChI is InChI=1S/C27H16Cl5F4NO3/c28-15-7-14(8-16(29)10-15)23-24(26(23,31)32)25(40)37-17-2-3-19(30)18(11-17)21(38)9-13-5-12(1-4-20(13)33)6-22(39)27(34,35)36/h1-5,7-8,10-11,23-24H,6,9H2,(H,37,40). The summed E-state index contributed by atoms with van der Waals surface area (Å²) in [6.07, 6.45) is -6.61. The molecule has 0 spiro atoms. The van der Waals surface area contributed by atoms with E-state index in [4.69, 9.17) is 58.0 Å². The summed E-state index contributed by atoms with van der Waals surface area (Å²) in [5.74, 6) is -5.58. The highest BCUT2D eigenvalue weighted by Crippen LogP contribution is 2.65. The van der Waals surface area contributed by atoms with Gasteiger partial charge in [0, 0.05) is 40.1 Å². The zero-order valence-corrected chi connectivity index (χ0v) is 23.7. The SMILES string of the molecule is O=C(Cc1cc(CC(=O)C(F)(F)F)ccc1F)c1cc(NC(=O)C2C(c3cc(Cl)cc(Cl)c3)C2(Cl)Cl)ccc1Cl. The van der Waals surface area contributed by atoms with Crippen LogP contribution in [0.1, 0.15) is 33.0 Å². The molecule has 1 saturated carbocycles. The third-order valence-corrected chi connectivity index (χ3v) is 7.96. The highest BCUT2D eigenvalue weighted by molar-refractivity contribution is 6.53. The van der Waals surface area contributed by atoms with Gasteiger partial charge in [-0.15, -0.1) is 23.2 Å². The minimum absolute atomic E-state index is 0.00582. The van der Waals surface area contributed by atoms with Crippen molar-refractivity contribution >= 4 is 81.2 Å². The van der Waals surface area contributed by atoms with Gasteiger partial charge >= 0.3 is 6.18 Å². The number of rotatable bonds is 8. The van der Waals surface area contributed by atoms with Crippen LogP contribution in [-0.4, -0.2) is 28.0 Å². The van der Waals surface area contributed by atoms with Gasteiger partial charge in [-0.05, 0) is 59.2 Å². The van der Waals surface area contributed by atoms with E-state index in [1.165, 1.54) is 24.3 Å². The number of nitrogens with one attached hydrogen (secondary N) is 1. The van der Waals surface area contributed by atoms with Gasteiger partial charge in [0.2, 0.25) is 11.7 Å². The first-order valence-corrected chi connectivity index (χ1v) is 13.3. The van der Waals surface area contributed by atoms with Crippen LogP contribution in [0.5, 0.6) is 0 Å². The molecule has 4 rings (SSSR count). The Hall–Kier alpha value is -2.36. The fraction of sp³-hybridized carbons (Fsp3) is 0.222. The van der Waals surface area contributed by atoms with Crippen molar-refractivity contribution in [2.75, 3.05) is 5.32 Å². The number of Topliss-reactive ketones (excluding diaryl/α,β-unsaturated/α-hetero) is 2. The van der Waals surface area contributed by atoms with Crippen LogP contribution in [0.3, 0.4) is 0 Å². The number of carbonyl (C=O) groups is 3. The predicted molar refractivity (Wildman–Crippen MR) is 146 cm³/mol. The molecule has 0 heterocycles. The Morgan fingerprint density at radius 3 is 2.15 bits per heavy atom. The van der Waals surface area contributed by atoms with Crippen molar-refractivity contribution in [3.05, 3.63) is 97.7 Å². The van der Waals surface area contributed by atoms with E-state index in [0.717, 1.165) is 18.2 Å². The average molecular weight is 656 g/mol. The van der Waals surface area contributed by atoms with Crippen LogP contribution >= 0.6 is 58.0 Å². The lowest BCUT2D eigenvalue weighted by Gasteiger charge is -2.11. The zero-order valence-electron chi connectivity index (χ0n) is 19.9. The molecule has 3 aromatic rings. The Labute approximate surface area is 250 Å². The summed E-state index contributed by atoms with van der Waals surface area (Å²) in [5.41, 5.74) is 0.326. The second-order valence-electron chi connectivity index (χ2n) is 9.14. The van der Waals surface area contributed by atoms with Gasteiger partial charge in [-0.2, -0.15) is 13.2 Å². The summed E-state index contributed by atoms with van der Waals surface area (Å²) < 4.78 is 50.7. The van der Waals surface area contributed by atoms with Crippen molar-refractivity contribution in [1.29, 1.82) is 0 Å². The van der Waals surface area contributed by atoms with E-state index in [-0.39, 0.29) is 27.4 Å². The van der Waals surface area contributed by atoms with Crippen LogP contribution in [-0.2, 0) is 22.4 Å². The van der Waals surface area contributed by atoms with E-state index in [9.17, 15) is 31.9 Å². The van der Waals surface area contributed by atoms with E-state index in [0.29, 0.717) is 15.6 Å². The molecule has 40 heavy (non-hydrogen) atoms. The van der Waals surface area contributed by atoms with E-state index >= 15 is 0 Å². The molecule has 4 nitrogen and oxygen atoms in total. The Morgan fingerprint density at radius 1 is 0.875 bits per heavy atom. The van der Waals surface area contributed by atoms with Gasteiger partial charge in [-0.1, -0.05) is 46.9 Å². The maximum atomic E-state index is 14.4. The quantitative estimate of drug-likeness (QED) is 0.151. The van der Waals surface area contributed by atoms with Crippen LogP contribution in [0.2, 0.25) is 15.1 Å². The molecule has 1 fully saturated rings. The Morgan fingerprint density at radius 2 is 1.52 bits per heavy atom. The smallest absolute Gasteiger partial charge is 0.326 e. The lowest BCUT2D eigenvalue weighted by Crippen LogP contribution is -2.24. The molecule has 1 amide bonds. The molecular formula is C27H16Cl5F4NO3. The highest BCUT2D eigenvalue weighted by atomic mass is 35.5. The normalized spacial score (nSPS) is 17.8. The fourth-order valence-electron chi connectivity index (χ4n) is 4.29. The van der Waals surface area contributed by atoms with E-state index in [2.05, 4.69) is 5.32 Å². The number of carbonyl (C=O) groups excluding carboxylic acids is 3. The van der Waals surface area contributed by atoms with Gasteiger partial charge in [-0.25, -0.2) is 4.39 Å². The molecule has 210 valence electrons. The molecule has 1 aliphatic rings. The summed E-state index contributed by atoms with van der Waals surface area (Å²) in [6, 6.07) is 11.7. The third-order valence-electron chi connectivity index (χ3n) is 6.26. The van der Waals surface area contributed by atoms with Crippen molar-refractivity contribution in [2.24, 2.45) is 5.92 Å². The number of ketones is 2. The second-order valence-corrected chi connectivity index (χ2v) is 11.9. The molecule has 0 bridgehead atoms. The van der Waals surface area contributed by atoms with Gasteiger partial charge in [0.25, 0.3) is 0 Å². The zero-order chi connectivity index (χ0) is 29.6. The summed E-state index contributed by atoms with van der Waals surface area (Å²) in [6.45, 7) is 0. The molecule has 0 radical (unpaired) electrons. The van der Waals surface area contributed by atoms with Gasteiger partial charge in [0.05, 0.1) is 10.9 Å². The second kappa shape index (κ2) is 11.5. The van der Waals surface area contributed by atoms with Crippen molar-refractivity contribution in [2.45, 2.75) is 29.3 Å². The summed E-state index contributed by atoms with van der Waals surface area (Å²) in [7, 11) is 0. The van der Waals surface area contributed by atoms with Crippen LogP contribution < -0.4 is 5.32 Å². The van der Waals surface area contributed by atoms with Gasteiger partial charge < -0.3 is 5.32 Å². The maximum Gasteiger partial charge on any atom is 0.450 e. The number of hydrogen-bond acceptors (Lipinski definition) is 3. The molecule has 0 aromatic heterocycles. The molecular weight excluding hydrogens is 640 g/mol. The highest BCUT2D eigenvalue weighted by Gasteiger charge is 2.67. The fourth-order valence-corrected chi connectivity index (χ4v) is 5.88. The van der Waals surface area contributed by atoms with E-state index < -0.39 is 58.5 Å². The summed E-state index contributed by atoms with van der Waals surface area (Å²) >= 11 is 31.0. The Balaban J connectivity index is 1.50. The van der Waals surface area contributed by atoms with Gasteiger partial charge in [0.1, 0.15) is 10.2 Å². The summed E-state index contributed by atoms with van der Waals surface area (Å²) in [4.78, 5) is 37.3. The number of benzene rings is 3. The lowest BCUT2D eigenvalue weighted by molar-refractivity contribution is -0.170. The molecule has 13 heteroatoms. The molecule has 2 unspecified atom stereocenters. The van der Waals surface area contributed by atoms with Crippen LogP contribution in [0, 0.1) is 11.7 Å². The Kier molecular flexibility index (Phi) is 8.79. The molecule has 1 N–H and O–H groups in total. The van der Waals surface area contributed by atoms with Gasteiger partial charge in [-0.3, -0.25) is 14.4 Å². The van der Waals surface area contributed by atoms with E-state index in [1.807, 2.05) is 0 Å². The number of anilines is 1. The number of hydrogen-bond donors (Lipinski definition) is 1. The van der Waals surface area contributed by atoms with Gasteiger partial charge in [0.15, 0.2) is 5.78 Å². The summed E-state index contributed by atoms with van der Waals surface area (Å²) in [5, 5.41) is 3.30. The minimum Gasteiger partial charge on any atom is -0.326 e. The number of halogens is 9. The van der Waals surface area contributed by atoms with Crippen LogP contribution in [0.15, 0.2) is 54.6 Å². The van der Waals surface area contributed by atoms with Crippen molar-refractivity contribution in [1.82, 2.24) is 0 Å². The van der Waals surface area contributed by atoms with Crippen molar-refractivity contribution in [3.63, 3.8) is 0 Å². The minimum atomic E-state index is -5.04. The topological polar surface area (TPSA) is 63.2 Å². The van der Waals surface area contributed by atoms with E-state index in [1.54, 1.807) is 12.1 Å². The predicted octanol–water partition coefficient (Wildman–Crippen LogP) is 8.41. The molecule has 0 saturated heterocycles. The molecule has 0 aliphatic heterocycles. The maximum absolute atomic E-state index is 14.4. The van der Waals surface area contributed by atoms with Crippen molar-refractivity contribution in [3.8, 4) is 0 Å². The largest absolute Gasteiger partial charge is 0.450 e. The molecule has 1 aliphatic carbocycles. The number of alkyl halides is 5. The molecule has 2 atom stereocenters. The molecule has 3 aromatic carbocycles. The van der Waals surface area contributed by atoms with Crippen LogP contribution in [0.4, 0.5) is 23.2 Å². The lowest BCUT2D eigenvalue weighted by atomic mass is 9.98. The first-order chi connectivity index (χ1) is 18.6. The monoisotopic (exact) mass is 653 g/mol. The Bertz CT molecular complexity index is 1510. The van der Waals surface area contributed by atoms with Crippen molar-refractivity contribution < 1.29 is 31.9 Å². The van der Waals surface area contributed by atoms with Crippen LogP contribution in [0.25, 0.3) is 0 Å². The number of amides is 1.